The van der Waals surface area contributed by atoms with Crippen molar-refractivity contribution in [3.63, 3.8) is 0 Å². The van der Waals surface area contributed by atoms with Crippen molar-refractivity contribution in [3.8, 4) is 11.5 Å². The molecule has 0 aliphatic carbocycles. The van der Waals surface area contributed by atoms with E-state index in [-0.39, 0.29) is 24.0 Å². The molecule has 0 saturated carbocycles. The maximum Gasteiger partial charge on any atom is 0.194 e. The van der Waals surface area contributed by atoms with Gasteiger partial charge in [0.05, 0.1) is 19.9 Å². The van der Waals surface area contributed by atoms with Crippen LogP contribution in [0.15, 0.2) is 27.7 Å². The van der Waals surface area contributed by atoms with Gasteiger partial charge in [-0.25, -0.2) is 4.99 Å². The van der Waals surface area contributed by atoms with E-state index in [0.29, 0.717) is 12.5 Å². The highest BCUT2D eigenvalue weighted by molar-refractivity contribution is 14.0. The van der Waals surface area contributed by atoms with Crippen molar-refractivity contribution in [2.24, 2.45) is 4.99 Å². The quantitative estimate of drug-likeness (QED) is 0.358. The molecule has 0 saturated heterocycles. The van der Waals surface area contributed by atoms with Crippen molar-refractivity contribution < 1.29 is 14.0 Å². The lowest BCUT2D eigenvalue weighted by Crippen LogP contribution is -2.44. The zero-order valence-electron chi connectivity index (χ0n) is 17.8. The molecule has 0 radical (unpaired) electrons. The van der Waals surface area contributed by atoms with E-state index in [9.17, 15) is 0 Å². The van der Waals surface area contributed by atoms with Crippen LogP contribution in [-0.4, -0.2) is 43.3 Å². The maximum absolute atomic E-state index is 5.46. The number of methoxy groups -OCH3 is 2. The average molecular weight is 514 g/mol. The lowest BCUT2D eigenvalue weighted by Gasteiger charge is -2.32. The summed E-state index contributed by atoms with van der Waals surface area (Å²) >= 11 is 0. The second-order valence-corrected chi connectivity index (χ2v) is 7.19. The molecule has 0 spiro atoms. The first-order valence-corrected chi connectivity index (χ1v) is 9.78. The summed E-state index contributed by atoms with van der Waals surface area (Å²) in [5, 5.41) is 7.51. The van der Waals surface area contributed by atoms with Gasteiger partial charge < -0.3 is 24.2 Å². The topological polar surface area (TPSA) is 72.1 Å². The Morgan fingerprint density at radius 1 is 1.21 bits per heavy atom. The van der Waals surface area contributed by atoms with E-state index < -0.39 is 0 Å². The summed E-state index contributed by atoms with van der Waals surface area (Å²) in [7, 11) is 3.34. The van der Waals surface area contributed by atoms with Gasteiger partial charge in [-0.1, -0.05) is 19.0 Å². The molecule has 0 fully saturated rings. The van der Waals surface area contributed by atoms with Gasteiger partial charge in [-0.15, -0.1) is 24.0 Å². The van der Waals surface area contributed by atoms with Gasteiger partial charge in [0.2, 0.25) is 0 Å². The molecule has 7 nitrogen and oxygen atoms in total. The molecule has 29 heavy (non-hydrogen) atoms. The Morgan fingerprint density at radius 2 is 1.90 bits per heavy atom. The number of hydrogen-bond donors (Lipinski definition) is 1. The molecule has 0 bridgehead atoms. The van der Waals surface area contributed by atoms with E-state index in [1.165, 1.54) is 11.1 Å². The van der Waals surface area contributed by atoms with E-state index in [1.807, 2.05) is 6.07 Å². The van der Waals surface area contributed by atoms with Gasteiger partial charge in [-0.2, -0.15) is 0 Å². The SMILES string of the molecule is CCNC(=NCc1cc(C(C)C)no1)N1CCc2cc(OC)c(OC)cc2C1.I. The van der Waals surface area contributed by atoms with Crippen molar-refractivity contribution in [1.82, 2.24) is 15.4 Å². The van der Waals surface area contributed by atoms with Crippen LogP contribution in [0.4, 0.5) is 0 Å². The Labute approximate surface area is 189 Å². The van der Waals surface area contributed by atoms with E-state index in [2.05, 4.69) is 48.3 Å². The Morgan fingerprint density at radius 3 is 2.48 bits per heavy atom. The molecule has 1 aromatic heterocycles. The first-order valence-electron chi connectivity index (χ1n) is 9.78. The Hall–Kier alpha value is -1.97. The molecular weight excluding hydrogens is 483 g/mol. The molecule has 2 aromatic rings. The van der Waals surface area contributed by atoms with Crippen molar-refractivity contribution >= 4 is 29.9 Å². The summed E-state index contributed by atoms with van der Waals surface area (Å²) in [5.41, 5.74) is 3.49. The van der Waals surface area contributed by atoms with Crippen LogP contribution in [0.2, 0.25) is 0 Å². The minimum Gasteiger partial charge on any atom is -0.493 e. The highest BCUT2D eigenvalue weighted by Crippen LogP contribution is 2.33. The lowest BCUT2D eigenvalue weighted by atomic mass is 9.99. The first-order chi connectivity index (χ1) is 13.5. The third-order valence-electron chi connectivity index (χ3n) is 4.91. The predicted molar refractivity (Wildman–Crippen MR) is 124 cm³/mol. The summed E-state index contributed by atoms with van der Waals surface area (Å²) in [6, 6.07) is 6.13. The molecule has 1 N–H and O–H groups in total. The number of aliphatic imine (C=N–C) groups is 1. The fourth-order valence-corrected chi connectivity index (χ4v) is 3.32. The zero-order chi connectivity index (χ0) is 20.1. The van der Waals surface area contributed by atoms with E-state index >= 15 is 0 Å². The van der Waals surface area contributed by atoms with Gasteiger partial charge in [0.25, 0.3) is 0 Å². The highest BCUT2D eigenvalue weighted by atomic mass is 127. The number of nitrogens with one attached hydrogen (secondary N) is 1. The summed E-state index contributed by atoms with van der Waals surface area (Å²) < 4.78 is 16.3. The van der Waals surface area contributed by atoms with Crippen molar-refractivity contribution in [2.45, 2.75) is 46.2 Å². The number of aromatic nitrogens is 1. The Balaban J connectivity index is 0.00000300. The third kappa shape index (κ3) is 5.55. The monoisotopic (exact) mass is 514 g/mol. The molecule has 160 valence electrons. The molecule has 0 atom stereocenters. The molecule has 0 unspecified atom stereocenters. The van der Waals surface area contributed by atoms with Gasteiger partial charge in [0.1, 0.15) is 6.54 Å². The van der Waals surface area contributed by atoms with E-state index in [4.69, 9.17) is 19.0 Å². The number of ether oxygens (including phenoxy) is 2. The van der Waals surface area contributed by atoms with Crippen LogP contribution in [0.5, 0.6) is 11.5 Å². The standard InChI is InChI=1S/C21H30N4O3.HI/c1-6-22-21(23-12-17-11-18(14(2)3)24-28-17)25-8-7-15-9-19(26-4)20(27-5)10-16(15)13-25;/h9-11,14H,6-8,12-13H2,1-5H3,(H,22,23);1H. The summed E-state index contributed by atoms with van der Waals surface area (Å²) in [5.74, 6) is 3.54. The Kier molecular flexibility index (Phi) is 8.60. The summed E-state index contributed by atoms with van der Waals surface area (Å²) in [6.45, 7) is 9.22. The largest absolute Gasteiger partial charge is 0.493 e. The normalized spacial score (nSPS) is 13.7. The van der Waals surface area contributed by atoms with Crippen LogP contribution < -0.4 is 14.8 Å². The fraction of sp³-hybridized carbons (Fsp3) is 0.524. The minimum absolute atomic E-state index is 0. The number of hydrogen-bond acceptors (Lipinski definition) is 5. The van der Waals surface area contributed by atoms with E-state index in [0.717, 1.165) is 55.0 Å². The number of rotatable bonds is 6. The van der Waals surface area contributed by atoms with Gasteiger partial charge in [-0.3, -0.25) is 0 Å². The van der Waals surface area contributed by atoms with Crippen LogP contribution in [0.3, 0.4) is 0 Å². The minimum atomic E-state index is 0. The van der Waals surface area contributed by atoms with E-state index in [1.54, 1.807) is 14.2 Å². The average Bonchev–Trinajstić information content (AvgIpc) is 3.19. The molecule has 0 amide bonds. The smallest absolute Gasteiger partial charge is 0.194 e. The lowest BCUT2D eigenvalue weighted by molar-refractivity contribution is 0.345. The number of benzene rings is 1. The van der Waals surface area contributed by atoms with Crippen molar-refractivity contribution in [2.75, 3.05) is 27.3 Å². The van der Waals surface area contributed by atoms with Crippen LogP contribution in [-0.2, 0) is 19.5 Å². The van der Waals surface area contributed by atoms with Crippen molar-refractivity contribution in [1.29, 1.82) is 0 Å². The first kappa shape index (κ1) is 23.3. The van der Waals surface area contributed by atoms with Crippen LogP contribution in [0.25, 0.3) is 0 Å². The highest BCUT2D eigenvalue weighted by Gasteiger charge is 2.22. The summed E-state index contributed by atoms with van der Waals surface area (Å²) in [6.07, 6.45) is 0.930. The van der Waals surface area contributed by atoms with Gasteiger partial charge in [-0.05, 0) is 42.5 Å². The van der Waals surface area contributed by atoms with Crippen LogP contribution >= 0.6 is 24.0 Å². The number of halogens is 1. The van der Waals surface area contributed by atoms with Crippen molar-refractivity contribution in [3.05, 3.63) is 40.8 Å². The molecule has 1 aliphatic heterocycles. The predicted octanol–water partition coefficient (Wildman–Crippen LogP) is 3.96. The fourth-order valence-electron chi connectivity index (χ4n) is 3.32. The second-order valence-electron chi connectivity index (χ2n) is 7.19. The maximum atomic E-state index is 5.46. The van der Waals surface area contributed by atoms with Gasteiger partial charge in [0.15, 0.2) is 23.2 Å². The molecule has 8 heteroatoms. The van der Waals surface area contributed by atoms with Crippen LogP contribution in [0, 0.1) is 0 Å². The van der Waals surface area contributed by atoms with Crippen LogP contribution in [0.1, 0.15) is 49.3 Å². The number of nitrogens with zero attached hydrogens (tertiary/aromatic N) is 3. The molecule has 1 aliphatic rings. The molecular formula is C21H31IN4O3. The second kappa shape index (κ2) is 10.7. The number of fused-ring (bicyclic) bond motifs is 1. The molecule has 3 rings (SSSR count). The molecule has 2 heterocycles. The summed E-state index contributed by atoms with van der Waals surface area (Å²) in [4.78, 5) is 7.03. The third-order valence-corrected chi connectivity index (χ3v) is 4.91. The zero-order valence-corrected chi connectivity index (χ0v) is 20.1. The van der Waals surface area contributed by atoms with Gasteiger partial charge >= 0.3 is 0 Å². The molecule has 1 aromatic carbocycles. The Bertz CT molecular complexity index is 835. The van der Waals surface area contributed by atoms with Gasteiger partial charge in [0, 0.05) is 25.7 Å². The number of guanidine groups is 1.